The van der Waals surface area contributed by atoms with Crippen LogP contribution in [0, 0.1) is 19.8 Å². The Morgan fingerprint density at radius 2 is 2.00 bits per heavy atom. The van der Waals surface area contributed by atoms with E-state index in [2.05, 4.69) is 0 Å². The predicted octanol–water partition coefficient (Wildman–Crippen LogP) is 3.35. The fourth-order valence-corrected chi connectivity index (χ4v) is 4.91. The van der Waals surface area contributed by atoms with Crippen LogP contribution in [0.3, 0.4) is 0 Å². The molecule has 6 heteroatoms. The van der Waals surface area contributed by atoms with Crippen LogP contribution in [-0.4, -0.2) is 41.5 Å². The first-order chi connectivity index (χ1) is 13.5. The number of aliphatic hydroxyl groups excluding tert-OH is 1. The second-order valence-corrected chi connectivity index (χ2v) is 8.52. The molecule has 0 radical (unpaired) electrons. The highest BCUT2D eigenvalue weighted by atomic mass is 32.1. The van der Waals surface area contributed by atoms with Crippen LogP contribution in [-0.2, 0) is 9.59 Å². The molecule has 1 saturated heterocycles. The van der Waals surface area contributed by atoms with E-state index in [-0.39, 0.29) is 24.3 Å². The van der Waals surface area contributed by atoms with Gasteiger partial charge in [0.25, 0.3) is 11.8 Å². The van der Waals surface area contributed by atoms with Gasteiger partial charge in [0, 0.05) is 24.6 Å². The van der Waals surface area contributed by atoms with Crippen molar-refractivity contribution in [3.05, 3.63) is 57.4 Å². The number of anilines is 1. The molecule has 4 rings (SSSR count). The van der Waals surface area contributed by atoms with Crippen LogP contribution in [0.1, 0.15) is 28.8 Å². The number of benzene rings is 1. The molecule has 1 N–H and O–H groups in total. The quantitative estimate of drug-likeness (QED) is 0.805. The van der Waals surface area contributed by atoms with Crippen LogP contribution in [0.4, 0.5) is 5.69 Å². The van der Waals surface area contributed by atoms with E-state index in [9.17, 15) is 14.7 Å². The van der Waals surface area contributed by atoms with Crippen molar-refractivity contribution in [2.24, 2.45) is 5.92 Å². The minimum absolute atomic E-state index is 0.0983. The molecule has 0 saturated carbocycles. The summed E-state index contributed by atoms with van der Waals surface area (Å²) in [5.41, 5.74) is 3.60. The highest BCUT2D eigenvalue weighted by Gasteiger charge is 2.44. The number of carbonyl (C=O) groups excluding carboxylic acids is 2. The first-order valence-electron chi connectivity index (χ1n) is 9.61. The molecule has 2 aliphatic heterocycles. The standard InChI is InChI=1S/C22H24N2O3S/c1-14-7-8-17(15(2)11-14)24-21(26)19(18-6-4-10-28-18)20(22(24)27)23-9-3-5-16(12-23)13-25/h4,6-8,10-11,16,25H,3,5,9,12-13H2,1-2H3. The number of nitrogens with zero attached hydrogens (tertiary/aromatic N) is 2. The molecule has 0 aliphatic carbocycles. The molecule has 1 aromatic heterocycles. The van der Waals surface area contributed by atoms with Crippen molar-refractivity contribution in [3.8, 4) is 0 Å². The normalized spacial score (nSPS) is 20.5. The molecule has 0 bridgehead atoms. The van der Waals surface area contributed by atoms with Gasteiger partial charge < -0.3 is 10.0 Å². The third-order valence-corrected chi connectivity index (χ3v) is 6.40. The van der Waals surface area contributed by atoms with Gasteiger partial charge in [-0.1, -0.05) is 23.8 Å². The molecule has 5 nitrogen and oxygen atoms in total. The molecule has 2 amide bonds. The number of hydrogen-bond acceptors (Lipinski definition) is 5. The van der Waals surface area contributed by atoms with Crippen LogP contribution in [0.25, 0.3) is 5.57 Å². The molecule has 1 atom stereocenters. The van der Waals surface area contributed by atoms with E-state index in [1.807, 2.05) is 54.5 Å². The zero-order valence-corrected chi connectivity index (χ0v) is 17.0. The summed E-state index contributed by atoms with van der Waals surface area (Å²) < 4.78 is 0. The number of piperidine rings is 1. The van der Waals surface area contributed by atoms with Crippen LogP contribution in [0.15, 0.2) is 41.4 Å². The van der Waals surface area contributed by atoms with E-state index in [0.29, 0.717) is 23.5 Å². The van der Waals surface area contributed by atoms with Gasteiger partial charge in [-0.2, -0.15) is 0 Å². The summed E-state index contributed by atoms with van der Waals surface area (Å²) in [5.74, 6) is -0.400. The van der Waals surface area contributed by atoms with Crippen LogP contribution < -0.4 is 4.90 Å². The predicted molar refractivity (Wildman–Crippen MR) is 111 cm³/mol. The van der Waals surface area contributed by atoms with Crippen molar-refractivity contribution in [2.45, 2.75) is 26.7 Å². The number of hydrogen-bond donors (Lipinski definition) is 1. The Hall–Kier alpha value is -2.44. The first-order valence-corrected chi connectivity index (χ1v) is 10.5. The van der Waals surface area contributed by atoms with Gasteiger partial charge in [0.2, 0.25) is 0 Å². The van der Waals surface area contributed by atoms with E-state index in [1.165, 1.54) is 16.2 Å². The summed E-state index contributed by atoms with van der Waals surface area (Å²) in [7, 11) is 0. The lowest BCUT2D eigenvalue weighted by Gasteiger charge is -2.34. The van der Waals surface area contributed by atoms with E-state index in [1.54, 1.807) is 0 Å². The van der Waals surface area contributed by atoms with Gasteiger partial charge in [-0.15, -0.1) is 11.3 Å². The largest absolute Gasteiger partial charge is 0.396 e. The molecule has 2 aromatic rings. The SMILES string of the molecule is Cc1ccc(N2C(=O)C(c3cccs3)=C(N3CCCC(CO)C3)C2=O)c(C)c1. The molecular weight excluding hydrogens is 372 g/mol. The summed E-state index contributed by atoms with van der Waals surface area (Å²) >= 11 is 1.47. The van der Waals surface area contributed by atoms with Crippen molar-refractivity contribution < 1.29 is 14.7 Å². The fraction of sp³-hybridized carbons (Fsp3) is 0.364. The second kappa shape index (κ2) is 7.53. The number of likely N-dealkylation sites (tertiary alicyclic amines) is 1. The van der Waals surface area contributed by atoms with Crippen molar-refractivity contribution in [1.82, 2.24) is 4.90 Å². The van der Waals surface area contributed by atoms with Gasteiger partial charge in [0.05, 0.1) is 11.3 Å². The zero-order valence-electron chi connectivity index (χ0n) is 16.1. The number of aryl methyl sites for hydroxylation is 2. The smallest absolute Gasteiger partial charge is 0.282 e. The van der Waals surface area contributed by atoms with E-state index in [4.69, 9.17) is 0 Å². The lowest BCUT2D eigenvalue weighted by molar-refractivity contribution is -0.120. The summed E-state index contributed by atoms with van der Waals surface area (Å²) in [5, 5.41) is 11.5. The third-order valence-electron chi connectivity index (χ3n) is 5.51. The van der Waals surface area contributed by atoms with Crippen LogP contribution in [0.5, 0.6) is 0 Å². The number of rotatable bonds is 4. The van der Waals surface area contributed by atoms with E-state index >= 15 is 0 Å². The van der Waals surface area contributed by atoms with Gasteiger partial charge >= 0.3 is 0 Å². The first kappa shape index (κ1) is 18.9. The molecule has 146 valence electrons. The maximum absolute atomic E-state index is 13.5. The summed E-state index contributed by atoms with van der Waals surface area (Å²) in [6.07, 6.45) is 1.84. The third kappa shape index (κ3) is 3.16. The lowest BCUT2D eigenvalue weighted by Crippen LogP contribution is -2.40. The number of carbonyl (C=O) groups is 2. The molecule has 2 aliphatic rings. The Kier molecular flexibility index (Phi) is 5.08. The maximum Gasteiger partial charge on any atom is 0.282 e. The summed E-state index contributed by atoms with van der Waals surface area (Å²) in [6, 6.07) is 9.55. The molecule has 1 aromatic carbocycles. The van der Waals surface area contributed by atoms with Gasteiger partial charge in [0.1, 0.15) is 5.70 Å². The Balaban J connectivity index is 1.80. The van der Waals surface area contributed by atoms with Crippen molar-refractivity contribution in [1.29, 1.82) is 0 Å². The number of aliphatic hydroxyl groups is 1. The maximum atomic E-state index is 13.5. The zero-order chi connectivity index (χ0) is 19.8. The van der Waals surface area contributed by atoms with E-state index in [0.717, 1.165) is 35.4 Å². The highest BCUT2D eigenvalue weighted by molar-refractivity contribution is 7.11. The summed E-state index contributed by atoms with van der Waals surface area (Å²) in [4.78, 5) is 31.1. The van der Waals surface area contributed by atoms with Gasteiger partial charge in [-0.25, -0.2) is 4.90 Å². The van der Waals surface area contributed by atoms with Gasteiger partial charge in [0.15, 0.2) is 0 Å². The Labute approximate surface area is 168 Å². The molecular formula is C22H24N2O3S. The average Bonchev–Trinajstić information content (AvgIpc) is 3.29. The van der Waals surface area contributed by atoms with Gasteiger partial charge in [-0.05, 0) is 55.7 Å². The molecule has 3 heterocycles. The highest BCUT2D eigenvalue weighted by Crippen LogP contribution is 2.38. The Morgan fingerprint density at radius 3 is 2.68 bits per heavy atom. The fourth-order valence-electron chi connectivity index (χ4n) is 4.15. The minimum atomic E-state index is -0.265. The monoisotopic (exact) mass is 396 g/mol. The van der Waals surface area contributed by atoms with Crippen molar-refractivity contribution in [2.75, 3.05) is 24.6 Å². The average molecular weight is 397 g/mol. The van der Waals surface area contributed by atoms with Crippen LogP contribution >= 0.6 is 11.3 Å². The summed E-state index contributed by atoms with van der Waals surface area (Å²) in [6.45, 7) is 5.34. The molecule has 0 spiro atoms. The van der Waals surface area contributed by atoms with E-state index < -0.39 is 0 Å². The lowest BCUT2D eigenvalue weighted by atomic mass is 9.98. The number of amides is 2. The second-order valence-electron chi connectivity index (χ2n) is 7.57. The number of imide groups is 1. The molecule has 1 unspecified atom stereocenters. The van der Waals surface area contributed by atoms with Crippen molar-refractivity contribution in [3.63, 3.8) is 0 Å². The Morgan fingerprint density at radius 1 is 1.18 bits per heavy atom. The topological polar surface area (TPSA) is 60.9 Å². The van der Waals surface area contributed by atoms with Crippen LogP contribution in [0.2, 0.25) is 0 Å². The minimum Gasteiger partial charge on any atom is -0.396 e. The van der Waals surface area contributed by atoms with Gasteiger partial charge in [-0.3, -0.25) is 9.59 Å². The molecule has 28 heavy (non-hydrogen) atoms. The van der Waals surface area contributed by atoms with Crippen molar-refractivity contribution >= 4 is 34.4 Å². The Bertz CT molecular complexity index is 949. The molecule has 1 fully saturated rings. The number of thiophene rings is 1.